The molecule has 2 aromatic carbocycles. The molecule has 21 heavy (non-hydrogen) atoms. The minimum atomic E-state index is -0.133. The SMILES string of the molecule is c1ccc2c(-c3nc(C4CNCCO4)no3)cccc2c1. The van der Waals surface area contributed by atoms with Gasteiger partial charge in [-0.15, -0.1) is 0 Å². The van der Waals surface area contributed by atoms with Crippen molar-refractivity contribution in [3.8, 4) is 11.5 Å². The summed E-state index contributed by atoms with van der Waals surface area (Å²) in [4.78, 5) is 4.51. The molecule has 3 aromatic rings. The first kappa shape index (κ1) is 12.5. The van der Waals surface area contributed by atoms with Crippen molar-refractivity contribution in [2.45, 2.75) is 6.10 Å². The number of benzene rings is 2. The van der Waals surface area contributed by atoms with Gasteiger partial charge < -0.3 is 14.6 Å². The number of nitrogens with one attached hydrogen (secondary N) is 1. The Kier molecular flexibility index (Phi) is 3.14. The summed E-state index contributed by atoms with van der Waals surface area (Å²) >= 11 is 0. The van der Waals surface area contributed by atoms with Crippen LogP contribution in [0.2, 0.25) is 0 Å². The third-order valence-corrected chi connectivity index (χ3v) is 3.68. The Morgan fingerprint density at radius 3 is 2.90 bits per heavy atom. The van der Waals surface area contributed by atoms with Crippen LogP contribution >= 0.6 is 0 Å². The van der Waals surface area contributed by atoms with Crippen LogP contribution in [0, 0.1) is 0 Å². The van der Waals surface area contributed by atoms with Crippen molar-refractivity contribution in [2.24, 2.45) is 0 Å². The second-order valence-corrected chi connectivity index (χ2v) is 5.05. The van der Waals surface area contributed by atoms with Crippen LogP contribution in [-0.4, -0.2) is 29.8 Å². The number of nitrogens with zero attached hydrogens (tertiary/aromatic N) is 2. The number of rotatable bonds is 2. The van der Waals surface area contributed by atoms with Crippen molar-refractivity contribution in [3.63, 3.8) is 0 Å². The monoisotopic (exact) mass is 281 g/mol. The van der Waals surface area contributed by atoms with E-state index in [0.29, 0.717) is 24.9 Å². The number of hydrogen-bond donors (Lipinski definition) is 1. The molecule has 4 rings (SSSR count). The van der Waals surface area contributed by atoms with Gasteiger partial charge in [0.1, 0.15) is 6.10 Å². The van der Waals surface area contributed by atoms with Gasteiger partial charge in [0.25, 0.3) is 5.89 Å². The van der Waals surface area contributed by atoms with E-state index >= 15 is 0 Å². The van der Waals surface area contributed by atoms with Gasteiger partial charge in [-0.05, 0) is 16.8 Å². The summed E-state index contributed by atoms with van der Waals surface area (Å²) in [6.45, 7) is 2.25. The van der Waals surface area contributed by atoms with Gasteiger partial charge in [-0.25, -0.2) is 0 Å². The smallest absolute Gasteiger partial charge is 0.258 e. The zero-order valence-electron chi connectivity index (χ0n) is 11.5. The van der Waals surface area contributed by atoms with E-state index in [1.807, 2.05) is 24.3 Å². The summed E-state index contributed by atoms with van der Waals surface area (Å²) < 4.78 is 11.1. The Morgan fingerprint density at radius 2 is 2.00 bits per heavy atom. The number of aromatic nitrogens is 2. The number of fused-ring (bicyclic) bond motifs is 1. The topological polar surface area (TPSA) is 60.2 Å². The molecule has 1 fully saturated rings. The lowest BCUT2D eigenvalue weighted by atomic mass is 10.0. The molecule has 5 nitrogen and oxygen atoms in total. The van der Waals surface area contributed by atoms with E-state index in [4.69, 9.17) is 9.26 Å². The van der Waals surface area contributed by atoms with Crippen LogP contribution in [0.4, 0.5) is 0 Å². The Labute approximate surface area is 121 Å². The van der Waals surface area contributed by atoms with Gasteiger partial charge in [0, 0.05) is 18.7 Å². The molecule has 106 valence electrons. The third-order valence-electron chi connectivity index (χ3n) is 3.68. The summed E-state index contributed by atoms with van der Waals surface area (Å²) in [6, 6.07) is 14.2. The van der Waals surface area contributed by atoms with Crippen LogP contribution < -0.4 is 5.32 Å². The van der Waals surface area contributed by atoms with Gasteiger partial charge in [0.2, 0.25) is 5.82 Å². The first-order valence-corrected chi connectivity index (χ1v) is 7.06. The molecule has 1 unspecified atom stereocenters. The predicted octanol–water partition coefficient (Wildman–Crippen LogP) is 2.55. The van der Waals surface area contributed by atoms with Gasteiger partial charge in [-0.3, -0.25) is 0 Å². The quantitative estimate of drug-likeness (QED) is 0.782. The predicted molar refractivity (Wildman–Crippen MR) is 78.8 cm³/mol. The van der Waals surface area contributed by atoms with E-state index in [-0.39, 0.29) is 6.10 Å². The summed E-state index contributed by atoms with van der Waals surface area (Å²) in [5.74, 6) is 1.14. The molecule has 1 aromatic heterocycles. The van der Waals surface area contributed by atoms with Crippen molar-refractivity contribution in [1.29, 1.82) is 0 Å². The molecule has 0 spiro atoms. The van der Waals surface area contributed by atoms with Crippen LogP contribution in [0.25, 0.3) is 22.2 Å². The van der Waals surface area contributed by atoms with Crippen molar-refractivity contribution in [1.82, 2.24) is 15.5 Å². The molecule has 1 N–H and O–H groups in total. The third kappa shape index (κ3) is 2.30. The summed E-state index contributed by atoms with van der Waals surface area (Å²) in [5.41, 5.74) is 0.954. The highest BCUT2D eigenvalue weighted by molar-refractivity contribution is 5.94. The fraction of sp³-hybridized carbons (Fsp3) is 0.250. The van der Waals surface area contributed by atoms with Gasteiger partial charge >= 0.3 is 0 Å². The first-order valence-electron chi connectivity index (χ1n) is 7.06. The van der Waals surface area contributed by atoms with Crippen LogP contribution in [0.15, 0.2) is 47.0 Å². The van der Waals surface area contributed by atoms with Crippen LogP contribution in [0.3, 0.4) is 0 Å². The van der Waals surface area contributed by atoms with E-state index in [9.17, 15) is 0 Å². The molecule has 0 amide bonds. The lowest BCUT2D eigenvalue weighted by Crippen LogP contribution is -2.33. The molecule has 1 saturated heterocycles. The maximum absolute atomic E-state index is 5.65. The molecule has 0 radical (unpaired) electrons. The van der Waals surface area contributed by atoms with Crippen LogP contribution in [0.5, 0.6) is 0 Å². The molecule has 5 heteroatoms. The van der Waals surface area contributed by atoms with Crippen LogP contribution in [0.1, 0.15) is 11.9 Å². The summed E-state index contributed by atoms with van der Waals surface area (Å²) in [7, 11) is 0. The van der Waals surface area contributed by atoms with Crippen molar-refractivity contribution < 1.29 is 9.26 Å². The maximum Gasteiger partial charge on any atom is 0.258 e. The fourth-order valence-corrected chi connectivity index (χ4v) is 2.62. The lowest BCUT2D eigenvalue weighted by molar-refractivity contribution is 0.0208. The molecule has 1 aliphatic rings. The van der Waals surface area contributed by atoms with Gasteiger partial charge in [0.15, 0.2) is 0 Å². The minimum Gasteiger partial charge on any atom is -0.367 e. The average molecular weight is 281 g/mol. The average Bonchev–Trinajstić information content (AvgIpc) is 3.05. The van der Waals surface area contributed by atoms with Crippen LogP contribution in [-0.2, 0) is 4.74 Å². The highest BCUT2D eigenvalue weighted by Gasteiger charge is 2.22. The standard InChI is InChI=1S/C16H15N3O2/c1-2-6-12-11(4-1)5-3-7-13(12)16-18-15(19-21-16)14-10-17-8-9-20-14/h1-7,14,17H,8-10H2. The minimum absolute atomic E-state index is 0.133. The molecule has 0 saturated carbocycles. The van der Waals surface area contributed by atoms with Gasteiger partial charge in [-0.2, -0.15) is 4.98 Å². The van der Waals surface area contributed by atoms with Crippen molar-refractivity contribution >= 4 is 10.8 Å². The van der Waals surface area contributed by atoms with Gasteiger partial charge in [-0.1, -0.05) is 41.6 Å². The van der Waals surface area contributed by atoms with Crippen molar-refractivity contribution in [2.75, 3.05) is 19.7 Å². The molecule has 2 heterocycles. The number of morpholine rings is 1. The van der Waals surface area contributed by atoms with E-state index in [1.165, 1.54) is 0 Å². The summed E-state index contributed by atoms with van der Waals surface area (Å²) in [5, 5.41) is 9.60. The van der Waals surface area contributed by atoms with E-state index in [2.05, 4.69) is 33.7 Å². The highest BCUT2D eigenvalue weighted by atomic mass is 16.5. The normalized spacial score (nSPS) is 19.0. The second-order valence-electron chi connectivity index (χ2n) is 5.05. The highest BCUT2D eigenvalue weighted by Crippen LogP contribution is 2.28. The lowest BCUT2D eigenvalue weighted by Gasteiger charge is -2.20. The Balaban J connectivity index is 1.74. The zero-order chi connectivity index (χ0) is 14.1. The Morgan fingerprint density at radius 1 is 1.10 bits per heavy atom. The molecule has 1 aliphatic heterocycles. The summed E-state index contributed by atoms with van der Waals surface area (Å²) in [6.07, 6.45) is -0.133. The maximum atomic E-state index is 5.65. The van der Waals surface area contributed by atoms with Gasteiger partial charge in [0.05, 0.1) is 6.61 Å². The van der Waals surface area contributed by atoms with Crippen molar-refractivity contribution in [3.05, 3.63) is 48.3 Å². The zero-order valence-corrected chi connectivity index (χ0v) is 11.5. The molecule has 0 aliphatic carbocycles. The molecule has 0 bridgehead atoms. The van der Waals surface area contributed by atoms with E-state index < -0.39 is 0 Å². The number of hydrogen-bond acceptors (Lipinski definition) is 5. The Bertz CT molecular complexity index is 758. The molecular weight excluding hydrogens is 266 g/mol. The fourth-order valence-electron chi connectivity index (χ4n) is 2.62. The molecular formula is C16H15N3O2. The van der Waals surface area contributed by atoms with E-state index in [0.717, 1.165) is 22.9 Å². The first-order chi connectivity index (χ1) is 10.4. The Hall–Kier alpha value is -2.24. The second kappa shape index (κ2) is 5.27. The number of ether oxygens (including phenoxy) is 1. The van der Waals surface area contributed by atoms with E-state index in [1.54, 1.807) is 0 Å². The molecule has 1 atom stereocenters. The largest absolute Gasteiger partial charge is 0.367 e.